The molecular weight excluding hydrogens is 198 g/mol. The van der Waals surface area contributed by atoms with Crippen molar-refractivity contribution in [1.82, 2.24) is 5.32 Å². The quantitative estimate of drug-likeness (QED) is 0.774. The Kier molecular flexibility index (Phi) is 4.26. The van der Waals surface area contributed by atoms with E-state index in [9.17, 15) is 5.11 Å². The third kappa shape index (κ3) is 2.98. The third-order valence-electron chi connectivity index (χ3n) is 4.56. The van der Waals surface area contributed by atoms with Crippen molar-refractivity contribution < 1.29 is 5.11 Å². The molecule has 16 heavy (non-hydrogen) atoms. The van der Waals surface area contributed by atoms with E-state index in [-0.39, 0.29) is 5.54 Å². The molecule has 0 heterocycles. The average Bonchev–Trinajstić information content (AvgIpc) is 2.30. The van der Waals surface area contributed by atoms with E-state index in [4.69, 9.17) is 0 Å². The van der Waals surface area contributed by atoms with Gasteiger partial charge in [0, 0.05) is 11.6 Å². The summed E-state index contributed by atoms with van der Waals surface area (Å²) in [6.45, 7) is 2.69. The van der Waals surface area contributed by atoms with Crippen molar-refractivity contribution in [1.29, 1.82) is 0 Å². The van der Waals surface area contributed by atoms with Gasteiger partial charge in [0.2, 0.25) is 0 Å². The van der Waals surface area contributed by atoms with Gasteiger partial charge in [-0.2, -0.15) is 0 Å². The van der Waals surface area contributed by atoms with E-state index in [2.05, 4.69) is 12.2 Å². The van der Waals surface area contributed by atoms with Crippen LogP contribution in [0.1, 0.15) is 64.7 Å². The summed E-state index contributed by atoms with van der Waals surface area (Å²) in [5.41, 5.74) is 0.0694. The normalized spacial score (nSPS) is 34.9. The van der Waals surface area contributed by atoms with Crippen LogP contribution in [0.4, 0.5) is 0 Å². The van der Waals surface area contributed by atoms with Crippen LogP contribution in [0.5, 0.6) is 0 Å². The SMILES string of the molecule is CC1CCCC(NC2(CO)CCCCC2)C1. The monoisotopic (exact) mass is 225 g/mol. The number of hydrogen-bond acceptors (Lipinski definition) is 2. The zero-order chi connectivity index (χ0) is 11.4. The lowest BCUT2D eigenvalue weighted by Crippen LogP contribution is -2.55. The maximum atomic E-state index is 9.68. The second-order valence-corrected chi connectivity index (χ2v) is 6.11. The maximum Gasteiger partial charge on any atom is 0.0613 e. The van der Waals surface area contributed by atoms with Crippen LogP contribution in [0.15, 0.2) is 0 Å². The zero-order valence-corrected chi connectivity index (χ0v) is 10.7. The van der Waals surface area contributed by atoms with E-state index < -0.39 is 0 Å². The lowest BCUT2D eigenvalue weighted by molar-refractivity contribution is 0.0965. The van der Waals surface area contributed by atoms with Gasteiger partial charge in [-0.3, -0.25) is 0 Å². The molecule has 0 saturated heterocycles. The van der Waals surface area contributed by atoms with Crippen molar-refractivity contribution >= 4 is 0 Å². The van der Waals surface area contributed by atoms with Gasteiger partial charge < -0.3 is 10.4 Å². The molecule has 0 amide bonds. The molecule has 2 unspecified atom stereocenters. The van der Waals surface area contributed by atoms with Crippen LogP contribution in [-0.4, -0.2) is 23.3 Å². The van der Waals surface area contributed by atoms with Gasteiger partial charge in [-0.05, 0) is 31.6 Å². The Labute approximate surface area is 99.8 Å². The molecule has 0 aliphatic heterocycles. The van der Waals surface area contributed by atoms with Gasteiger partial charge in [0.05, 0.1) is 6.61 Å². The molecule has 2 N–H and O–H groups in total. The Morgan fingerprint density at radius 1 is 1.12 bits per heavy atom. The fourth-order valence-electron chi connectivity index (χ4n) is 3.57. The second-order valence-electron chi connectivity index (χ2n) is 6.11. The van der Waals surface area contributed by atoms with E-state index in [1.165, 1.54) is 57.8 Å². The summed E-state index contributed by atoms with van der Waals surface area (Å²) in [6, 6.07) is 0.661. The maximum absolute atomic E-state index is 9.68. The summed E-state index contributed by atoms with van der Waals surface area (Å²) < 4.78 is 0. The molecule has 0 aromatic carbocycles. The average molecular weight is 225 g/mol. The molecule has 2 aliphatic carbocycles. The number of aliphatic hydroxyl groups excluding tert-OH is 1. The van der Waals surface area contributed by atoms with Gasteiger partial charge in [-0.25, -0.2) is 0 Å². The molecule has 0 radical (unpaired) electrons. The molecule has 2 saturated carbocycles. The van der Waals surface area contributed by atoms with Gasteiger partial charge in [0.1, 0.15) is 0 Å². The summed E-state index contributed by atoms with van der Waals surface area (Å²) >= 11 is 0. The van der Waals surface area contributed by atoms with E-state index >= 15 is 0 Å². The number of rotatable bonds is 3. The largest absolute Gasteiger partial charge is 0.394 e. The predicted octanol–water partition coefficient (Wildman–Crippen LogP) is 2.85. The van der Waals surface area contributed by atoms with E-state index in [1.54, 1.807) is 0 Å². The molecule has 2 nitrogen and oxygen atoms in total. The molecule has 94 valence electrons. The molecule has 2 fully saturated rings. The topological polar surface area (TPSA) is 32.3 Å². The van der Waals surface area contributed by atoms with Crippen LogP contribution < -0.4 is 5.32 Å². The first-order valence-corrected chi connectivity index (χ1v) is 7.13. The second kappa shape index (κ2) is 5.50. The summed E-state index contributed by atoms with van der Waals surface area (Å²) in [5.74, 6) is 0.866. The highest BCUT2D eigenvalue weighted by atomic mass is 16.3. The summed E-state index contributed by atoms with van der Waals surface area (Å²) in [6.07, 6.45) is 11.7. The molecule has 2 rings (SSSR count). The first-order valence-electron chi connectivity index (χ1n) is 7.13. The Morgan fingerprint density at radius 2 is 1.88 bits per heavy atom. The van der Waals surface area contributed by atoms with Crippen LogP contribution in [0, 0.1) is 5.92 Å². The highest BCUT2D eigenvalue weighted by molar-refractivity contribution is 4.93. The van der Waals surface area contributed by atoms with Crippen LogP contribution in [0.25, 0.3) is 0 Å². The molecule has 2 atom stereocenters. The van der Waals surface area contributed by atoms with E-state index in [1.807, 2.05) is 0 Å². The molecule has 0 aromatic heterocycles. The van der Waals surface area contributed by atoms with Crippen molar-refractivity contribution in [2.75, 3.05) is 6.61 Å². The van der Waals surface area contributed by atoms with Gasteiger partial charge in [0.15, 0.2) is 0 Å². The standard InChI is InChI=1S/C14H27NO/c1-12-6-5-7-13(10-12)15-14(11-16)8-3-2-4-9-14/h12-13,15-16H,2-11H2,1H3. The summed E-state index contributed by atoms with van der Waals surface area (Å²) in [4.78, 5) is 0. The molecule has 2 heteroatoms. The van der Waals surface area contributed by atoms with Gasteiger partial charge in [0.25, 0.3) is 0 Å². The van der Waals surface area contributed by atoms with Gasteiger partial charge >= 0.3 is 0 Å². The summed E-state index contributed by atoms with van der Waals surface area (Å²) in [5, 5.41) is 13.5. The number of nitrogens with one attached hydrogen (secondary N) is 1. The Morgan fingerprint density at radius 3 is 2.50 bits per heavy atom. The minimum Gasteiger partial charge on any atom is -0.394 e. The highest BCUT2D eigenvalue weighted by Crippen LogP contribution is 2.31. The van der Waals surface area contributed by atoms with Gasteiger partial charge in [-0.15, -0.1) is 0 Å². The van der Waals surface area contributed by atoms with Crippen molar-refractivity contribution in [2.24, 2.45) is 5.92 Å². The van der Waals surface area contributed by atoms with Crippen molar-refractivity contribution in [3.63, 3.8) is 0 Å². The predicted molar refractivity (Wildman–Crippen MR) is 67.5 cm³/mol. The zero-order valence-electron chi connectivity index (χ0n) is 10.7. The first kappa shape index (κ1) is 12.4. The Bertz CT molecular complexity index is 211. The highest BCUT2D eigenvalue weighted by Gasteiger charge is 2.34. The third-order valence-corrected chi connectivity index (χ3v) is 4.56. The van der Waals surface area contributed by atoms with Crippen LogP contribution in [0.2, 0.25) is 0 Å². The van der Waals surface area contributed by atoms with Crippen LogP contribution in [0.3, 0.4) is 0 Å². The van der Waals surface area contributed by atoms with Crippen molar-refractivity contribution in [2.45, 2.75) is 76.3 Å². The van der Waals surface area contributed by atoms with Crippen LogP contribution >= 0.6 is 0 Å². The minimum absolute atomic E-state index is 0.0694. The Hall–Kier alpha value is -0.0800. The lowest BCUT2D eigenvalue weighted by Gasteiger charge is -2.41. The van der Waals surface area contributed by atoms with E-state index in [0.29, 0.717) is 12.6 Å². The molecule has 0 spiro atoms. The van der Waals surface area contributed by atoms with Gasteiger partial charge in [-0.1, -0.05) is 39.0 Å². The number of aliphatic hydroxyl groups is 1. The molecular formula is C14H27NO. The Balaban J connectivity index is 1.89. The minimum atomic E-state index is 0.0694. The van der Waals surface area contributed by atoms with Crippen molar-refractivity contribution in [3.8, 4) is 0 Å². The molecule has 0 aromatic rings. The fourth-order valence-corrected chi connectivity index (χ4v) is 3.57. The van der Waals surface area contributed by atoms with Crippen molar-refractivity contribution in [3.05, 3.63) is 0 Å². The summed E-state index contributed by atoms with van der Waals surface area (Å²) in [7, 11) is 0. The van der Waals surface area contributed by atoms with Crippen LogP contribution in [-0.2, 0) is 0 Å². The first-order chi connectivity index (χ1) is 7.74. The molecule has 0 bridgehead atoms. The fraction of sp³-hybridized carbons (Fsp3) is 1.00. The number of hydrogen-bond donors (Lipinski definition) is 2. The molecule has 2 aliphatic rings. The lowest BCUT2D eigenvalue weighted by atomic mass is 9.79. The van der Waals surface area contributed by atoms with E-state index in [0.717, 1.165) is 5.92 Å². The smallest absolute Gasteiger partial charge is 0.0613 e.